The number of benzene rings is 1. The molecule has 1 aliphatic rings. The van der Waals surface area contributed by atoms with Crippen molar-refractivity contribution in [2.24, 2.45) is 5.41 Å². The van der Waals surface area contributed by atoms with Crippen LogP contribution in [0.2, 0.25) is 5.02 Å². The number of aliphatic carboxylic acids is 1. The molecular formula is C13H14ClFO3. The van der Waals surface area contributed by atoms with Gasteiger partial charge < -0.3 is 9.84 Å². The smallest absolute Gasteiger partial charge is 0.310 e. The summed E-state index contributed by atoms with van der Waals surface area (Å²) in [6, 6.07) is 4.39. The molecule has 0 saturated carbocycles. The molecule has 18 heavy (non-hydrogen) atoms. The average molecular weight is 273 g/mol. The Morgan fingerprint density at radius 1 is 1.44 bits per heavy atom. The summed E-state index contributed by atoms with van der Waals surface area (Å²) in [6.07, 6.45) is 0.872. The van der Waals surface area contributed by atoms with Crippen molar-refractivity contribution in [3.05, 3.63) is 34.6 Å². The largest absolute Gasteiger partial charge is 0.481 e. The molecule has 0 spiro atoms. The maximum atomic E-state index is 13.7. The Balaban J connectivity index is 2.32. The van der Waals surface area contributed by atoms with E-state index in [0.717, 1.165) is 0 Å². The summed E-state index contributed by atoms with van der Waals surface area (Å²) in [5, 5.41) is 9.69. The van der Waals surface area contributed by atoms with Gasteiger partial charge in [-0.05, 0) is 31.4 Å². The minimum atomic E-state index is -0.968. The second-order valence-corrected chi connectivity index (χ2v) is 4.98. The van der Waals surface area contributed by atoms with Crippen molar-refractivity contribution in [2.75, 3.05) is 13.2 Å². The van der Waals surface area contributed by atoms with Gasteiger partial charge in [-0.25, -0.2) is 4.39 Å². The standard InChI is InChI=1S/C13H14ClFO3/c14-10-2-1-3-11(15)9(10)8-13(12(16)17)4-6-18-7-5-13/h1-3H,4-8H2,(H,16,17). The monoisotopic (exact) mass is 272 g/mol. The molecule has 0 bridgehead atoms. The van der Waals surface area contributed by atoms with E-state index in [1.807, 2.05) is 0 Å². The van der Waals surface area contributed by atoms with Gasteiger partial charge in [0.05, 0.1) is 5.41 Å². The first-order valence-electron chi connectivity index (χ1n) is 5.79. The summed E-state index contributed by atoms with van der Waals surface area (Å²) in [5.74, 6) is -1.36. The van der Waals surface area contributed by atoms with Gasteiger partial charge in [0.2, 0.25) is 0 Å². The van der Waals surface area contributed by atoms with E-state index in [2.05, 4.69) is 0 Å². The van der Waals surface area contributed by atoms with Crippen LogP contribution in [0.1, 0.15) is 18.4 Å². The van der Waals surface area contributed by atoms with Gasteiger partial charge in [-0.2, -0.15) is 0 Å². The minimum absolute atomic E-state index is 0.108. The van der Waals surface area contributed by atoms with E-state index in [0.29, 0.717) is 26.1 Å². The highest BCUT2D eigenvalue weighted by atomic mass is 35.5. The van der Waals surface area contributed by atoms with Gasteiger partial charge in [0.15, 0.2) is 0 Å². The quantitative estimate of drug-likeness (QED) is 0.920. The van der Waals surface area contributed by atoms with E-state index in [-0.39, 0.29) is 17.0 Å². The Kier molecular flexibility index (Phi) is 3.88. The summed E-state index contributed by atoms with van der Waals surface area (Å²) < 4.78 is 18.9. The average Bonchev–Trinajstić information content (AvgIpc) is 2.35. The second-order valence-electron chi connectivity index (χ2n) is 4.57. The van der Waals surface area contributed by atoms with Gasteiger partial charge >= 0.3 is 5.97 Å². The van der Waals surface area contributed by atoms with Crippen molar-refractivity contribution < 1.29 is 19.0 Å². The number of carboxylic acid groups (broad SMARTS) is 1. The maximum Gasteiger partial charge on any atom is 0.310 e. The number of hydrogen-bond donors (Lipinski definition) is 1. The molecule has 2 rings (SSSR count). The first-order valence-corrected chi connectivity index (χ1v) is 6.17. The molecule has 1 fully saturated rings. The third-order valence-electron chi connectivity index (χ3n) is 3.48. The molecule has 0 radical (unpaired) electrons. The van der Waals surface area contributed by atoms with Crippen LogP contribution in [0.5, 0.6) is 0 Å². The molecule has 3 nitrogen and oxygen atoms in total. The number of halogens is 2. The van der Waals surface area contributed by atoms with Crippen LogP contribution >= 0.6 is 11.6 Å². The highest BCUT2D eigenvalue weighted by Crippen LogP contribution is 2.37. The normalized spacial score (nSPS) is 18.6. The zero-order chi connectivity index (χ0) is 13.2. The third kappa shape index (κ3) is 2.49. The van der Waals surface area contributed by atoms with Gasteiger partial charge in [0, 0.05) is 23.8 Å². The molecule has 1 aromatic rings. The summed E-state index contributed by atoms with van der Waals surface area (Å²) >= 11 is 5.95. The lowest BCUT2D eigenvalue weighted by molar-refractivity contribution is -0.154. The van der Waals surface area contributed by atoms with Crippen molar-refractivity contribution in [1.82, 2.24) is 0 Å². The number of carbonyl (C=O) groups is 1. The van der Waals surface area contributed by atoms with E-state index in [1.165, 1.54) is 12.1 Å². The molecule has 0 aromatic heterocycles. The fourth-order valence-corrected chi connectivity index (χ4v) is 2.50. The van der Waals surface area contributed by atoms with E-state index >= 15 is 0 Å². The SMILES string of the molecule is O=C(O)C1(Cc2c(F)cccc2Cl)CCOCC1. The Morgan fingerprint density at radius 3 is 2.67 bits per heavy atom. The molecule has 0 aliphatic carbocycles. The molecule has 1 saturated heterocycles. The zero-order valence-corrected chi connectivity index (χ0v) is 10.5. The van der Waals surface area contributed by atoms with Crippen molar-refractivity contribution in [2.45, 2.75) is 19.3 Å². The van der Waals surface area contributed by atoms with E-state index in [9.17, 15) is 14.3 Å². The van der Waals surface area contributed by atoms with E-state index in [1.54, 1.807) is 6.07 Å². The fourth-order valence-electron chi connectivity index (χ4n) is 2.27. The molecule has 0 amide bonds. The highest BCUT2D eigenvalue weighted by molar-refractivity contribution is 6.31. The van der Waals surface area contributed by atoms with Gasteiger partial charge in [0.1, 0.15) is 5.82 Å². The van der Waals surface area contributed by atoms with Crippen molar-refractivity contribution in [3.8, 4) is 0 Å². The predicted molar refractivity (Wildman–Crippen MR) is 65.2 cm³/mol. The van der Waals surface area contributed by atoms with Crippen LogP contribution in [0, 0.1) is 11.2 Å². The molecule has 1 aliphatic heterocycles. The second kappa shape index (κ2) is 5.24. The summed E-state index contributed by atoms with van der Waals surface area (Å²) in [5.41, 5.74) is -0.687. The Labute approximate surface area is 110 Å². The summed E-state index contributed by atoms with van der Waals surface area (Å²) in [6.45, 7) is 0.775. The lowest BCUT2D eigenvalue weighted by atomic mass is 9.75. The summed E-state index contributed by atoms with van der Waals surface area (Å²) in [4.78, 5) is 11.5. The number of ether oxygens (including phenoxy) is 1. The summed E-state index contributed by atoms with van der Waals surface area (Å²) in [7, 11) is 0. The van der Waals surface area contributed by atoms with Gasteiger partial charge in [-0.1, -0.05) is 17.7 Å². The van der Waals surface area contributed by atoms with Gasteiger partial charge in [-0.15, -0.1) is 0 Å². The first kappa shape index (κ1) is 13.3. The van der Waals surface area contributed by atoms with E-state index in [4.69, 9.17) is 16.3 Å². The minimum Gasteiger partial charge on any atom is -0.481 e. The fraction of sp³-hybridized carbons (Fsp3) is 0.462. The Hall–Kier alpha value is -1.13. The molecule has 0 atom stereocenters. The first-order chi connectivity index (χ1) is 8.55. The van der Waals surface area contributed by atoms with Crippen molar-refractivity contribution in [3.63, 3.8) is 0 Å². The molecule has 0 unspecified atom stereocenters. The third-order valence-corrected chi connectivity index (χ3v) is 3.83. The Bertz CT molecular complexity index is 435. The zero-order valence-electron chi connectivity index (χ0n) is 9.79. The lowest BCUT2D eigenvalue weighted by Crippen LogP contribution is -2.39. The molecule has 98 valence electrons. The van der Waals surface area contributed by atoms with Crippen LogP contribution < -0.4 is 0 Å². The van der Waals surface area contributed by atoms with Crippen LogP contribution in [0.3, 0.4) is 0 Å². The van der Waals surface area contributed by atoms with Crippen LogP contribution in [0.15, 0.2) is 18.2 Å². The maximum absolute atomic E-state index is 13.7. The number of hydrogen-bond acceptors (Lipinski definition) is 2. The van der Waals surface area contributed by atoms with Crippen LogP contribution in [-0.2, 0) is 16.0 Å². The molecule has 1 N–H and O–H groups in total. The van der Waals surface area contributed by atoms with Crippen molar-refractivity contribution >= 4 is 17.6 Å². The lowest BCUT2D eigenvalue weighted by Gasteiger charge is -2.33. The van der Waals surface area contributed by atoms with E-state index < -0.39 is 17.2 Å². The molecule has 5 heteroatoms. The van der Waals surface area contributed by atoms with Crippen LogP contribution in [0.4, 0.5) is 4.39 Å². The molecular weight excluding hydrogens is 259 g/mol. The highest BCUT2D eigenvalue weighted by Gasteiger charge is 2.41. The van der Waals surface area contributed by atoms with Crippen LogP contribution in [-0.4, -0.2) is 24.3 Å². The van der Waals surface area contributed by atoms with Crippen LogP contribution in [0.25, 0.3) is 0 Å². The molecule has 1 aromatic carbocycles. The van der Waals surface area contributed by atoms with Crippen molar-refractivity contribution in [1.29, 1.82) is 0 Å². The molecule has 1 heterocycles. The number of rotatable bonds is 3. The van der Waals surface area contributed by atoms with Gasteiger partial charge in [-0.3, -0.25) is 4.79 Å². The van der Waals surface area contributed by atoms with Gasteiger partial charge in [0.25, 0.3) is 0 Å². The number of carboxylic acids is 1. The topological polar surface area (TPSA) is 46.5 Å². The Morgan fingerprint density at radius 2 is 2.11 bits per heavy atom. The predicted octanol–water partition coefficient (Wildman–Crippen LogP) is 2.90.